The quantitative estimate of drug-likeness (QED) is 0.795. The summed E-state index contributed by atoms with van der Waals surface area (Å²) in [5, 5.41) is 13.0. The van der Waals surface area contributed by atoms with Crippen LogP contribution >= 0.6 is 11.3 Å². The SMILES string of the molecule is Cn1nc(-c2cc(N3CCN(CCO)CC3)c(C=O)s2)cc1C(F)(F)F. The van der Waals surface area contributed by atoms with Gasteiger partial charge in [-0.05, 0) is 12.1 Å². The number of β-amino-alcohol motifs (C(OH)–C–C–N with tert-alkyl or cyclic N) is 1. The minimum Gasteiger partial charge on any atom is -0.395 e. The number of halogens is 3. The predicted molar refractivity (Wildman–Crippen MR) is 92.6 cm³/mol. The zero-order valence-electron chi connectivity index (χ0n) is 14.2. The molecule has 0 radical (unpaired) electrons. The molecule has 0 bridgehead atoms. The molecule has 1 fully saturated rings. The van der Waals surface area contributed by atoms with Gasteiger partial charge in [-0.3, -0.25) is 14.4 Å². The number of piperazine rings is 1. The van der Waals surface area contributed by atoms with Crippen LogP contribution in [0.5, 0.6) is 0 Å². The molecule has 1 aliphatic heterocycles. The topological polar surface area (TPSA) is 61.6 Å². The molecular formula is C16H19F3N4O2S. The van der Waals surface area contributed by atoms with Crippen LogP contribution in [0.4, 0.5) is 18.9 Å². The van der Waals surface area contributed by atoms with Crippen LogP contribution in [0.15, 0.2) is 12.1 Å². The summed E-state index contributed by atoms with van der Waals surface area (Å²) >= 11 is 1.14. The molecule has 1 saturated heterocycles. The number of carbonyl (C=O) groups excluding carboxylic acids is 1. The highest BCUT2D eigenvalue weighted by Crippen LogP contribution is 2.38. The number of anilines is 1. The molecule has 10 heteroatoms. The second-order valence-electron chi connectivity index (χ2n) is 6.07. The van der Waals surface area contributed by atoms with Crippen LogP contribution in [0.1, 0.15) is 15.4 Å². The van der Waals surface area contributed by atoms with E-state index in [1.807, 2.05) is 4.90 Å². The minimum absolute atomic E-state index is 0.101. The van der Waals surface area contributed by atoms with Crippen molar-refractivity contribution in [3.63, 3.8) is 0 Å². The van der Waals surface area contributed by atoms with E-state index in [1.54, 1.807) is 6.07 Å². The first kappa shape index (κ1) is 18.9. The molecule has 2 aromatic rings. The molecule has 0 aliphatic carbocycles. The third kappa shape index (κ3) is 3.76. The highest BCUT2D eigenvalue weighted by molar-refractivity contribution is 7.17. The van der Waals surface area contributed by atoms with Crippen LogP contribution in [0.3, 0.4) is 0 Å². The van der Waals surface area contributed by atoms with E-state index in [0.29, 0.717) is 29.4 Å². The highest BCUT2D eigenvalue weighted by atomic mass is 32.1. The van der Waals surface area contributed by atoms with Gasteiger partial charge in [0.25, 0.3) is 0 Å². The second kappa shape index (κ2) is 7.37. The summed E-state index contributed by atoms with van der Waals surface area (Å²) in [4.78, 5) is 16.6. The van der Waals surface area contributed by atoms with Crippen LogP contribution in [-0.4, -0.2) is 65.4 Å². The Morgan fingerprint density at radius 2 is 1.96 bits per heavy atom. The fourth-order valence-electron chi connectivity index (χ4n) is 3.06. The number of aryl methyl sites for hydroxylation is 1. The zero-order valence-corrected chi connectivity index (χ0v) is 15.0. The number of alkyl halides is 3. The normalized spacial score (nSPS) is 16.3. The summed E-state index contributed by atoms with van der Waals surface area (Å²) in [6, 6.07) is 2.74. The fraction of sp³-hybridized carbons (Fsp3) is 0.500. The number of aliphatic hydroxyl groups excluding tert-OH is 1. The smallest absolute Gasteiger partial charge is 0.395 e. The predicted octanol–water partition coefficient (Wildman–Crippen LogP) is 2.09. The molecule has 0 saturated carbocycles. The van der Waals surface area contributed by atoms with E-state index in [9.17, 15) is 18.0 Å². The number of carbonyl (C=O) groups is 1. The molecule has 0 amide bonds. The summed E-state index contributed by atoms with van der Waals surface area (Å²) in [6.07, 6.45) is -3.74. The standard InChI is InChI=1S/C16H19F3N4O2S/c1-21-15(16(17,18)19)8-11(20-21)13-9-12(14(10-25)26-13)23-4-2-22(3-5-23)6-7-24/h8-10,24H,2-7H2,1H3. The number of aliphatic hydroxyl groups is 1. The van der Waals surface area contributed by atoms with Gasteiger partial charge in [0, 0.05) is 39.8 Å². The van der Waals surface area contributed by atoms with Gasteiger partial charge in [-0.15, -0.1) is 11.3 Å². The molecule has 1 aliphatic rings. The Kier molecular flexibility index (Phi) is 5.35. The Balaban J connectivity index is 1.85. The number of hydrogen-bond donors (Lipinski definition) is 1. The average Bonchev–Trinajstić information content (AvgIpc) is 3.19. The van der Waals surface area contributed by atoms with Gasteiger partial charge in [0.15, 0.2) is 6.29 Å². The van der Waals surface area contributed by atoms with Crippen molar-refractivity contribution in [2.75, 3.05) is 44.2 Å². The van der Waals surface area contributed by atoms with Gasteiger partial charge in [-0.2, -0.15) is 18.3 Å². The molecule has 3 rings (SSSR count). The molecular weight excluding hydrogens is 369 g/mol. The van der Waals surface area contributed by atoms with E-state index < -0.39 is 11.9 Å². The zero-order chi connectivity index (χ0) is 18.9. The third-order valence-corrected chi connectivity index (χ3v) is 5.47. The lowest BCUT2D eigenvalue weighted by Crippen LogP contribution is -2.47. The molecule has 0 spiro atoms. The van der Waals surface area contributed by atoms with E-state index in [0.717, 1.165) is 47.1 Å². The van der Waals surface area contributed by atoms with E-state index in [4.69, 9.17) is 5.11 Å². The maximum Gasteiger partial charge on any atom is 0.433 e. The maximum absolute atomic E-state index is 13.0. The van der Waals surface area contributed by atoms with E-state index in [1.165, 1.54) is 7.05 Å². The Bertz CT molecular complexity index is 779. The van der Waals surface area contributed by atoms with Crippen LogP contribution in [0.25, 0.3) is 10.6 Å². The summed E-state index contributed by atoms with van der Waals surface area (Å²) < 4.78 is 39.7. The van der Waals surface area contributed by atoms with E-state index in [2.05, 4.69) is 10.00 Å². The fourth-order valence-corrected chi connectivity index (χ4v) is 4.01. The molecule has 142 valence electrons. The van der Waals surface area contributed by atoms with Crippen molar-refractivity contribution in [3.8, 4) is 10.6 Å². The second-order valence-corrected chi connectivity index (χ2v) is 7.15. The Labute approximate surface area is 152 Å². The van der Waals surface area contributed by atoms with E-state index in [-0.39, 0.29) is 12.3 Å². The first-order chi connectivity index (χ1) is 12.3. The average molecular weight is 388 g/mol. The molecule has 3 heterocycles. The molecule has 0 atom stereocenters. The molecule has 0 aromatic carbocycles. The van der Waals surface area contributed by atoms with Gasteiger partial charge in [-0.1, -0.05) is 0 Å². The lowest BCUT2D eigenvalue weighted by Gasteiger charge is -2.35. The summed E-state index contributed by atoms with van der Waals surface area (Å²) in [5.74, 6) is 0. The Morgan fingerprint density at radius 3 is 2.50 bits per heavy atom. The number of aromatic nitrogens is 2. The van der Waals surface area contributed by atoms with Crippen molar-refractivity contribution >= 4 is 23.3 Å². The maximum atomic E-state index is 13.0. The Hall–Kier alpha value is -1.91. The van der Waals surface area contributed by atoms with Crippen LogP contribution in [-0.2, 0) is 13.2 Å². The van der Waals surface area contributed by atoms with Crippen LogP contribution in [0.2, 0.25) is 0 Å². The number of thiophene rings is 1. The molecule has 2 aromatic heterocycles. The van der Waals surface area contributed by atoms with Crippen molar-refractivity contribution in [1.82, 2.24) is 14.7 Å². The number of rotatable bonds is 5. The molecule has 0 unspecified atom stereocenters. The largest absolute Gasteiger partial charge is 0.433 e. The van der Waals surface area contributed by atoms with Crippen molar-refractivity contribution in [3.05, 3.63) is 22.7 Å². The Morgan fingerprint density at radius 1 is 1.27 bits per heavy atom. The lowest BCUT2D eigenvalue weighted by molar-refractivity contribution is -0.143. The van der Waals surface area contributed by atoms with Crippen LogP contribution < -0.4 is 4.90 Å². The molecule has 1 N–H and O–H groups in total. The summed E-state index contributed by atoms with van der Waals surface area (Å²) in [5.41, 5.74) is 0.105. The van der Waals surface area contributed by atoms with Gasteiger partial charge in [0.2, 0.25) is 0 Å². The van der Waals surface area contributed by atoms with Crippen molar-refractivity contribution < 1.29 is 23.1 Å². The van der Waals surface area contributed by atoms with Gasteiger partial charge >= 0.3 is 6.18 Å². The van der Waals surface area contributed by atoms with E-state index >= 15 is 0 Å². The minimum atomic E-state index is -4.48. The van der Waals surface area contributed by atoms with Gasteiger partial charge in [0.1, 0.15) is 11.4 Å². The van der Waals surface area contributed by atoms with Crippen LogP contribution in [0, 0.1) is 0 Å². The number of nitrogens with zero attached hydrogens (tertiary/aromatic N) is 4. The molecule has 26 heavy (non-hydrogen) atoms. The lowest BCUT2D eigenvalue weighted by atomic mass is 10.2. The van der Waals surface area contributed by atoms with Crippen molar-refractivity contribution in [1.29, 1.82) is 0 Å². The van der Waals surface area contributed by atoms with Crippen molar-refractivity contribution in [2.24, 2.45) is 7.05 Å². The molecule has 6 nitrogen and oxygen atoms in total. The summed E-state index contributed by atoms with van der Waals surface area (Å²) in [7, 11) is 1.25. The highest BCUT2D eigenvalue weighted by Gasteiger charge is 2.35. The number of hydrogen-bond acceptors (Lipinski definition) is 6. The first-order valence-electron chi connectivity index (χ1n) is 8.12. The number of aldehydes is 1. The van der Waals surface area contributed by atoms with Gasteiger partial charge in [-0.25, -0.2) is 0 Å². The van der Waals surface area contributed by atoms with Crippen molar-refractivity contribution in [2.45, 2.75) is 6.18 Å². The monoisotopic (exact) mass is 388 g/mol. The third-order valence-electron chi connectivity index (χ3n) is 4.40. The van der Waals surface area contributed by atoms with Gasteiger partial charge in [0.05, 0.1) is 22.0 Å². The van der Waals surface area contributed by atoms with Gasteiger partial charge < -0.3 is 10.0 Å². The first-order valence-corrected chi connectivity index (χ1v) is 8.94. The summed E-state index contributed by atoms with van der Waals surface area (Å²) in [6.45, 7) is 3.60.